The summed E-state index contributed by atoms with van der Waals surface area (Å²) in [5.74, 6) is -1.18. The van der Waals surface area contributed by atoms with Crippen LogP contribution in [0.3, 0.4) is 0 Å². The Morgan fingerprint density at radius 1 is 1.18 bits per heavy atom. The lowest BCUT2D eigenvalue weighted by molar-refractivity contribution is -0.147. The van der Waals surface area contributed by atoms with Gasteiger partial charge in [0.15, 0.2) is 0 Å². The van der Waals surface area contributed by atoms with Gasteiger partial charge in [-0.05, 0) is 28.8 Å². The molecule has 118 valence electrons. The molecule has 0 saturated carbocycles. The number of aromatic nitrogens is 3. The van der Waals surface area contributed by atoms with Crippen LogP contribution in [0.5, 0.6) is 0 Å². The van der Waals surface area contributed by atoms with Crippen molar-refractivity contribution in [2.75, 3.05) is 0 Å². The van der Waals surface area contributed by atoms with Crippen LogP contribution < -0.4 is 0 Å². The monoisotopic (exact) mass is 328 g/mol. The number of nitrogens with zero attached hydrogens (tertiary/aromatic N) is 3. The van der Waals surface area contributed by atoms with E-state index in [1.54, 1.807) is 12.1 Å². The number of alkyl halides is 3. The molecule has 0 radical (unpaired) electrons. The fourth-order valence-electron chi connectivity index (χ4n) is 1.78. The Morgan fingerprint density at radius 3 is 2.27 bits per heavy atom. The van der Waals surface area contributed by atoms with Gasteiger partial charge in [-0.15, -0.1) is 5.10 Å². The van der Waals surface area contributed by atoms with Crippen molar-refractivity contribution in [1.29, 1.82) is 0 Å². The number of rotatable bonds is 2. The second kappa shape index (κ2) is 5.68. The Hall–Kier alpha value is -1.96. The number of aromatic amines is 1. The van der Waals surface area contributed by atoms with Crippen LogP contribution in [-0.4, -0.2) is 21.1 Å². The first-order valence-corrected chi connectivity index (χ1v) is 6.89. The van der Waals surface area contributed by atoms with Gasteiger partial charge in [-0.1, -0.05) is 45.0 Å². The van der Waals surface area contributed by atoms with Crippen molar-refractivity contribution >= 4 is 18.4 Å². The first-order chi connectivity index (χ1) is 10.1. The third-order valence-electron chi connectivity index (χ3n) is 3.00. The molecule has 0 spiro atoms. The zero-order valence-corrected chi connectivity index (χ0v) is 13.1. The number of halogens is 3. The van der Waals surface area contributed by atoms with Crippen LogP contribution in [0.15, 0.2) is 29.4 Å². The minimum Gasteiger partial charge on any atom is -0.250 e. The molecular weight excluding hydrogens is 313 g/mol. The Balaban J connectivity index is 2.30. The van der Waals surface area contributed by atoms with Gasteiger partial charge in [-0.25, -0.2) is 5.10 Å². The van der Waals surface area contributed by atoms with E-state index in [0.717, 1.165) is 5.56 Å². The summed E-state index contributed by atoms with van der Waals surface area (Å²) in [5, 5.41) is 9.01. The molecule has 1 aromatic carbocycles. The van der Waals surface area contributed by atoms with Gasteiger partial charge in [0.2, 0.25) is 4.77 Å². The predicted octanol–water partition coefficient (Wildman–Crippen LogP) is 4.14. The zero-order chi connectivity index (χ0) is 16.5. The van der Waals surface area contributed by atoms with Crippen molar-refractivity contribution in [3.8, 4) is 0 Å². The van der Waals surface area contributed by atoms with Gasteiger partial charge in [0.1, 0.15) is 0 Å². The fraction of sp³-hybridized carbons (Fsp3) is 0.357. The van der Waals surface area contributed by atoms with Crippen molar-refractivity contribution in [1.82, 2.24) is 14.9 Å². The van der Waals surface area contributed by atoms with Gasteiger partial charge in [-0.2, -0.15) is 22.9 Å². The van der Waals surface area contributed by atoms with Crippen LogP contribution in [0.4, 0.5) is 13.2 Å². The van der Waals surface area contributed by atoms with Crippen LogP contribution in [-0.2, 0) is 11.6 Å². The molecule has 1 N–H and O–H groups in total. The number of hydrogen-bond acceptors (Lipinski definition) is 3. The van der Waals surface area contributed by atoms with Crippen LogP contribution in [0.25, 0.3) is 0 Å². The molecule has 0 atom stereocenters. The minimum atomic E-state index is -4.62. The molecule has 0 saturated heterocycles. The molecule has 0 unspecified atom stereocenters. The van der Waals surface area contributed by atoms with Gasteiger partial charge in [0, 0.05) is 0 Å². The maximum absolute atomic E-state index is 12.7. The van der Waals surface area contributed by atoms with Gasteiger partial charge >= 0.3 is 6.18 Å². The maximum Gasteiger partial charge on any atom is 0.453 e. The molecule has 1 aromatic heterocycles. The maximum atomic E-state index is 12.7. The highest BCUT2D eigenvalue weighted by Crippen LogP contribution is 2.27. The number of nitrogens with one attached hydrogen (secondary N) is 1. The summed E-state index contributed by atoms with van der Waals surface area (Å²) in [7, 11) is 0. The van der Waals surface area contributed by atoms with E-state index in [0.29, 0.717) is 10.2 Å². The van der Waals surface area contributed by atoms with E-state index in [1.807, 2.05) is 12.1 Å². The Labute approximate surface area is 130 Å². The Morgan fingerprint density at radius 2 is 1.77 bits per heavy atom. The standard InChI is InChI=1S/C14H15F3N4S/c1-13(2,3)10-6-4-9(5-7-10)8-18-21-11(14(15,16)17)19-20-12(21)22/h4-8H,1-3H3,(H,20,22)/b18-8-. The molecule has 4 nitrogen and oxygen atoms in total. The molecule has 0 amide bonds. The number of benzene rings is 1. The highest BCUT2D eigenvalue weighted by atomic mass is 32.1. The molecule has 0 aliphatic carbocycles. The molecule has 0 fully saturated rings. The van der Waals surface area contributed by atoms with E-state index in [9.17, 15) is 13.2 Å². The summed E-state index contributed by atoms with van der Waals surface area (Å²) < 4.78 is 38.6. The smallest absolute Gasteiger partial charge is 0.250 e. The molecular formula is C14H15F3N4S. The second-order valence-corrected chi connectivity index (χ2v) is 6.17. The average molecular weight is 328 g/mol. The largest absolute Gasteiger partial charge is 0.453 e. The van der Waals surface area contributed by atoms with E-state index < -0.39 is 12.0 Å². The molecule has 0 aliphatic heterocycles. The topological polar surface area (TPSA) is 46.0 Å². The molecule has 22 heavy (non-hydrogen) atoms. The third kappa shape index (κ3) is 3.62. The SMILES string of the molecule is CC(C)(C)c1ccc(/C=N\n2c(C(F)(F)F)n[nH]c2=S)cc1. The summed E-state index contributed by atoms with van der Waals surface area (Å²) in [6.07, 6.45) is -3.31. The van der Waals surface area contributed by atoms with Crippen LogP contribution in [0, 0.1) is 4.77 Å². The molecule has 1 heterocycles. The molecule has 8 heteroatoms. The van der Waals surface area contributed by atoms with Crippen molar-refractivity contribution in [3.05, 3.63) is 46.0 Å². The van der Waals surface area contributed by atoms with E-state index in [-0.39, 0.29) is 10.2 Å². The van der Waals surface area contributed by atoms with Crippen molar-refractivity contribution in [2.45, 2.75) is 32.4 Å². The normalized spacial score (nSPS) is 13.0. The van der Waals surface area contributed by atoms with Crippen molar-refractivity contribution in [2.24, 2.45) is 5.10 Å². The van der Waals surface area contributed by atoms with E-state index >= 15 is 0 Å². The Bertz CT molecular complexity index is 733. The van der Waals surface area contributed by atoms with E-state index in [1.165, 1.54) is 6.21 Å². The lowest BCUT2D eigenvalue weighted by atomic mass is 9.87. The first kappa shape index (κ1) is 16.4. The zero-order valence-electron chi connectivity index (χ0n) is 12.3. The van der Waals surface area contributed by atoms with Crippen LogP contribution in [0.1, 0.15) is 37.7 Å². The van der Waals surface area contributed by atoms with E-state index in [2.05, 4.69) is 36.1 Å². The summed E-state index contributed by atoms with van der Waals surface area (Å²) in [5.41, 5.74) is 1.80. The summed E-state index contributed by atoms with van der Waals surface area (Å²) in [6, 6.07) is 7.42. The third-order valence-corrected chi connectivity index (χ3v) is 3.27. The quantitative estimate of drug-likeness (QED) is 0.665. The highest BCUT2D eigenvalue weighted by Gasteiger charge is 2.37. The Kier molecular flexibility index (Phi) is 4.23. The van der Waals surface area contributed by atoms with Crippen LogP contribution >= 0.6 is 12.2 Å². The van der Waals surface area contributed by atoms with Gasteiger partial charge in [0.05, 0.1) is 6.21 Å². The lowest BCUT2D eigenvalue weighted by Gasteiger charge is -2.18. The molecule has 0 aliphatic rings. The fourth-order valence-corrected chi connectivity index (χ4v) is 1.96. The molecule has 0 bridgehead atoms. The van der Waals surface area contributed by atoms with Gasteiger partial charge in [0.25, 0.3) is 5.82 Å². The highest BCUT2D eigenvalue weighted by molar-refractivity contribution is 7.71. The number of H-pyrrole nitrogens is 1. The van der Waals surface area contributed by atoms with Crippen molar-refractivity contribution in [3.63, 3.8) is 0 Å². The second-order valence-electron chi connectivity index (χ2n) is 5.78. The summed E-state index contributed by atoms with van der Waals surface area (Å²) in [6.45, 7) is 6.24. The lowest BCUT2D eigenvalue weighted by Crippen LogP contribution is -2.13. The average Bonchev–Trinajstić information content (AvgIpc) is 2.77. The predicted molar refractivity (Wildman–Crippen MR) is 80.5 cm³/mol. The van der Waals surface area contributed by atoms with Gasteiger partial charge < -0.3 is 0 Å². The minimum absolute atomic E-state index is 0.00617. The van der Waals surface area contributed by atoms with Gasteiger partial charge in [-0.3, -0.25) is 0 Å². The summed E-state index contributed by atoms with van der Waals surface area (Å²) in [4.78, 5) is 0. The molecule has 2 aromatic rings. The first-order valence-electron chi connectivity index (χ1n) is 6.48. The van der Waals surface area contributed by atoms with Crippen molar-refractivity contribution < 1.29 is 13.2 Å². The van der Waals surface area contributed by atoms with E-state index in [4.69, 9.17) is 12.2 Å². The molecule has 2 rings (SSSR count). The summed E-state index contributed by atoms with van der Waals surface area (Å²) >= 11 is 4.76. The number of hydrogen-bond donors (Lipinski definition) is 1. The van der Waals surface area contributed by atoms with Crippen LogP contribution in [0.2, 0.25) is 0 Å².